The van der Waals surface area contributed by atoms with Gasteiger partial charge in [0.2, 0.25) is 0 Å². The van der Waals surface area contributed by atoms with Gasteiger partial charge in [-0.3, -0.25) is 9.59 Å². The molecule has 170 valence electrons. The van der Waals surface area contributed by atoms with Gasteiger partial charge in [0.25, 0.3) is 11.8 Å². The summed E-state index contributed by atoms with van der Waals surface area (Å²) in [5.74, 6) is -0.218. The van der Waals surface area contributed by atoms with E-state index >= 15 is 0 Å². The van der Waals surface area contributed by atoms with Gasteiger partial charge in [0.1, 0.15) is 0 Å². The summed E-state index contributed by atoms with van der Waals surface area (Å²) in [6.07, 6.45) is 5.44. The van der Waals surface area contributed by atoms with Crippen molar-refractivity contribution in [2.45, 2.75) is 51.1 Å². The van der Waals surface area contributed by atoms with E-state index in [1.54, 1.807) is 42.5 Å². The normalized spacial score (nSPS) is 17.2. The maximum Gasteiger partial charge on any atom is 0.257 e. The first-order valence-corrected chi connectivity index (χ1v) is 12.1. The van der Waals surface area contributed by atoms with Crippen molar-refractivity contribution in [3.63, 3.8) is 0 Å². The molecule has 1 saturated carbocycles. The summed E-state index contributed by atoms with van der Waals surface area (Å²) in [5, 5.41) is 3.61. The molecule has 0 spiro atoms. The maximum atomic E-state index is 13.4. The standard InChI is InChI=1S/C25H29Cl2N3O2/c1-2-13-29-14-11-21(12-15-29)30(20-8-9-20)25(32)17-3-6-19(7-4-17)28-24(31)22-10-5-18(26)16-23(22)27/h3-7,10,16,20-21H,2,8-9,11-15H2,1H3,(H,28,31). The summed E-state index contributed by atoms with van der Waals surface area (Å²) in [6, 6.07) is 12.6. The van der Waals surface area contributed by atoms with Gasteiger partial charge >= 0.3 is 0 Å². The molecule has 1 aliphatic carbocycles. The van der Waals surface area contributed by atoms with Crippen LogP contribution in [0, 0.1) is 0 Å². The number of likely N-dealkylation sites (tertiary alicyclic amines) is 1. The minimum atomic E-state index is -0.316. The molecule has 0 radical (unpaired) electrons. The van der Waals surface area contributed by atoms with Gasteiger partial charge in [-0.2, -0.15) is 0 Å². The second kappa shape index (κ2) is 10.2. The van der Waals surface area contributed by atoms with Crippen LogP contribution in [0.3, 0.4) is 0 Å². The number of hydrogen-bond donors (Lipinski definition) is 1. The van der Waals surface area contributed by atoms with Gasteiger partial charge in [0.05, 0.1) is 10.6 Å². The van der Waals surface area contributed by atoms with Crippen LogP contribution < -0.4 is 5.32 Å². The Morgan fingerprint density at radius 1 is 1.00 bits per heavy atom. The lowest BCUT2D eigenvalue weighted by Gasteiger charge is -2.39. The number of hydrogen-bond acceptors (Lipinski definition) is 3. The topological polar surface area (TPSA) is 52.6 Å². The minimum Gasteiger partial charge on any atom is -0.333 e. The number of amides is 2. The van der Waals surface area contributed by atoms with Crippen LogP contribution in [0.2, 0.25) is 10.0 Å². The van der Waals surface area contributed by atoms with Crippen molar-refractivity contribution in [3.05, 3.63) is 63.6 Å². The Bertz CT molecular complexity index is 968. The highest BCUT2D eigenvalue weighted by molar-refractivity contribution is 6.37. The summed E-state index contributed by atoms with van der Waals surface area (Å²) in [5.41, 5.74) is 1.63. The van der Waals surface area contributed by atoms with E-state index in [-0.39, 0.29) is 11.8 Å². The minimum absolute atomic E-state index is 0.0973. The molecule has 0 bridgehead atoms. The van der Waals surface area contributed by atoms with Crippen LogP contribution in [-0.2, 0) is 0 Å². The predicted octanol–water partition coefficient (Wildman–Crippen LogP) is 5.72. The number of benzene rings is 2. The fourth-order valence-electron chi connectivity index (χ4n) is 4.44. The second-order valence-corrected chi connectivity index (χ2v) is 9.52. The fourth-order valence-corrected chi connectivity index (χ4v) is 4.93. The largest absolute Gasteiger partial charge is 0.333 e. The van der Waals surface area contributed by atoms with Crippen molar-refractivity contribution in [2.24, 2.45) is 0 Å². The first-order chi connectivity index (χ1) is 15.5. The Balaban J connectivity index is 1.41. The zero-order valence-electron chi connectivity index (χ0n) is 18.3. The van der Waals surface area contributed by atoms with Crippen molar-refractivity contribution in [3.8, 4) is 0 Å². The van der Waals surface area contributed by atoms with Crippen molar-refractivity contribution < 1.29 is 9.59 Å². The Kier molecular flexibility index (Phi) is 7.39. The molecule has 0 atom stereocenters. The van der Waals surface area contributed by atoms with Crippen LogP contribution in [0.25, 0.3) is 0 Å². The Morgan fingerprint density at radius 2 is 1.66 bits per heavy atom. The number of halogens is 2. The van der Waals surface area contributed by atoms with Gasteiger partial charge in [0.15, 0.2) is 0 Å². The van der Waals surface area contributed by atoms with Crippen LogP contribution in [0.4, 0.5) is 5.69 Å². The Hall–Kier alpha value is -2.08. The van der Waals surface area contributed by atoms with E-state index < -0.39 is 0 Å². The highest BCUT2D eigenvalue weighted by Gasteiger charge is 2.38. The number of carbonyl (C=O) groups excluding carboxylic acids is 2. The number of nitrogens with zero attached hydrogens (tertiary/aromatic N) is 2. The Labute approximate surface area is 199 Å². The van der Waals surface area contributed by atoms with Gasteiger partial charge in [-0.25, -0.2) is 0 Å². The lowest BCUT2D eigenvalue weighted by atomic mass is 10.0. The summed E-state index contributed by atoms with van der Waals surface area (Å²) >= 11 is 12.0. The number of piperidine rings is 1. The van der Waals surface area contributed by atoms with E-state index in [1.165, 1.54) is 6.42 Å². The first-order valence-electron chi connectivity index (χ1n) is 11.4. The second-order valence-electron chi connectivity index (χ2n) is 8.67. The average Bonchev–Trinajstić information content (AvgIpc) is 3.61. The van der Waals surface area contributed by atoms with E-state index in [4.69, 9.17) is 23.2 Å². The van der Waals surface area contributed by atoms with Gasteiger partial charge in [-0.15, -0.1) is 0 Å². The van der Waals surface area contributed by atoms with Crippen LogP contribution >= 0.6 is 23.2 Å². The molecule has 1 N–H and O–H groups in total. The molecule has 1 heterocycles. The van der Waals surface area contributed by atoms with E-state index in [9.17, 15) is 9.59 Å². The van der Waals surface area contributed by atoms with Crippen LogP contribution in [0.15, 0.2) is 42.5 Å². The number of rotatable bonds is 7. The summed E-state index contributed by atoms with van der Waals surface area (Å²) in [6.45, 7) is 5.47. The molecular formula is C25H29Cl2N3O2. The molecule has 2 amide bonds. The molecule has 0 unspecified atom stereocenters. The molecule has 1 aliphatic heterocycles. The first kappa shape index (κ1) is 23.1. The SMILES string of the molecule is CCCN1CCC(N(C(=O)c2ccc(NC(=O)c3ccc(Cl)cc3Cl)cc2)C2CC2)CC1. The lowest BCUT2D eigenvalue weighted by Crippen LogP contribution is -2.48. The van der Waals surface area contributed by atoms with E-state index in [0.29, 0.717) is 38.9 Å². The third-order valence-corrected chi connectivity index (χ3v) is 6.78. The van der Waals surface area contributed by atoms with Crippen molar-refractivity contribution in [1.82, 2.24) is 9.80 Å². The molecule has 2 aliphatic rings. The van der Waals surface area contributed by atoms with E-state index in [1.807, 2.05) is 0 Å². The number of carbonyl (C=O) groups is 2. The highest BCUT2D eigenvalue weighted by atomic mass is 35.5. The maximum absolute atomic E-state index is 13.4. The van der Waals surface area contributed by atoms with Crippen LogP contribution in [-0.4, -0.2) is 53.3 Å². The molecule has 1 saturated heterocycles. The molecule has 2 aromatic rings. The van der Waals surface area contributed by atoms with Gasteiger partial charge in [-0.1, -0.05) is 30.1 Å². The molecule has 2 aromatic carbocycles. The number of anilines is 1. The Morgan fingerprint density at radius 3 is 2.25 bits per heavy atom. The summed E-state index contributed by atoms with van der Waals surface area (Å²) < 4.78 is 0. The van der Waals surface area contributed by atoms with E-state index in [0.717, 1.165) is 45.3 Å². The average molecular weight is 474 g/mol. The molecule has 32 heavy (non-hydrogen) atoms. The zero-order chi connectivity index (χ0) is 22.7. The molecule has 7 heteroatoms. The third kappa shape index (κ3) is 5.45. The molecule has 4 rings (SSSR count). The van der Waals surface area contributed by atoms with Gasteiger partial charge in [0, 0.05) is 41.4 Å². The van der Waals surface area contributed by atoms with Crippen LogP contribution in [0.5, 0.6) is 0 Å². The molecule has 0 aromatic heterocycles. The summed E-state index contributed by atoms with van der Waals surface area (Å²) in [7, 11) is 0. The summed E-state index contributed by atoms with van der Waals surface area (Å²) in [4.78, 5) is 30.5. The zero-order valence-corrected chi connectivity index (χ0v) is 19.8. The van der Waals surface area contributed by atoms with Gasteiger partial charge < -0.3 is 15.1 Å². The van der Waals surface area contributed by atoms with E-state index in [2.05, 4.69) is 22.0 Å². The molecular weight excluding hydrogens is 445 g/mol. The quantitative estimate of drug-likeness (QED) is 0.558. The monoisotopic (exact) mass is 473 g/mol. The van der Waals surface area contributed by atoms with Crippen molar-refractivity contribution in [1.29, 1.82) is 0 Å². The molecule has 5 nitrogen and oxygen atoms in total. The highest BCUT2D eigenvalue weighted by Crippen LogP contribution is 2.33. The van der Waals surface area contributed by atoms with Crippen molar-refractivity contribution >= 4 is 40.7 Å². The predicted molar refractivity (Wildman–Crippen MR) is 130 cm³/mol. The number of nitrogens with one attached hydrogen (secondary N) is 1. The van der Waals surface area contributed by atoms with Gasteiger partial charge in [-0.05, 0) is 81.1 Å². The third-order valence-electron chi connectivity index (χ3n) is 6.23. The van der Waals surface area contributed by atoms with Crippen molar-refractivity contribution in [2.75, 3.05) is 25.0 Å². The fraction of sp³-hybridized carbons (Fsp3) is 0.440. The molecule has 2 fully saturated rings. The lowest BCUT2D eigenvalue weighted by molar-refractivity contribution is 0.0549. The van der Waals surface area contributed by atoms with Crippen LogP contribution in [0.1, 0.15) is 59.7 Å². The smallest absolute Gasteiger partial charge is 0.257 e.